The van der Waals surface area contributed by atoms with Gasteiger partial charge in [0.2, 0.25) is 11.8 Å². The van der Waals surface area contributed by atoms with Crippen molar-refractivity contribution in [1.29, 1.82) is 0 Å². The molecule has 1 aromatic carbocycles. The number of hydrogen-bond donors (Lipinski definition) is 1. The Labute approximate surface area is 170 Å². The summed E-state index contributed by atoms with van der Waals surface area (Å²) in [7, 11) is 0. The second-order valence-corrected chi connectivity index (χ2v) is 8.98. The number of hydrogen-bond acceptors (Lipinski definition) is 4. The number of nitrogens with zero attached hydrogens (tertiary/aromatic N) is 2. The lowest BCUT2D eigenvalue weighted by Gasteiger charge is -2.31. The second kappa shape index (κ2) is 9.30. The van der Waals surface area contributed by atoms with E-state index in [9.17, 15) is 9.59 Å². The van der Waals surface area contributed by atoms with Crippen molar-refractivity contribution in [1.82, 2.24) is 15.1 Å². The van der Waals surface area contributed by atoms with Crippen LogP contribution in [0.15, 0.2) is 24.3 Å². The molecule has 2 atom stereocenters. The summed E-state index contributed by atoms with van der Waals surface area (Å²) in [6, 6.07) is 7.11. The van der Waals surface area contributed by atoms with Crippen molar-refractivity contribution in [3.05, 3.63) is 34.9 Å². The Hall–Kier alpha value is -1.24. The Morgan fingerprint density at radius 3 is 2.63 bits per heavy atom. The highest BCUT2D eigenvalue weighted by Gasteiger charge is 2.43. The number of nitrogens with one attached hydrogen (secondary N) is 1. The molecule has 148 valence electrons. The van der Waals surface area contributed by atoms with E-state index in [-0.39, 0.29) is 23.1 Å². The molecule has 1 N–H and O–H groups in total. The van der Waals surface area contributed by atoms with Gasteiger partial charge in [-0.25, -0.2) is 0 Å². The fraction of sp³-hybridized carbons (Fsp3) is 0.600. The zero-order chi connectivity index (χ0) is 19.4. The molecule has 2 aliphatic rings. The first-order valence-corrected chi connectivity index (χ1v) is 11.1. The number of amides is 2. The first kappa shape index (κ1) is 20.5. The van der Waals surface area contributed by atoms with Crippen LogP contribution in [-0.2, 0) is 9.59 Å². The fourth-order valence-electron chi connectivity index (χ4n) is 3.65. The van der Waals surface area contributed by atoms with E-state index in [1.165, 1.54) is 12.8 Å². The van der Waals surface area contributed by atoms with E-state index >= 15 is 0 Å². The van der Waals surface area contributed by atoms with Gasteiger partial charge in [-0.3, -0.25) is 9.59 Å². The van der Waals surface area contributed by atoms with Crippen LogP contribution in [0.3, 0.4) is 0 Å². The van der Waals surface area contributed by atoms with Crippen molar-refractivity contribution >= 4 is 35.2 Å². The third-order valence-corrected chi connectivity index (χ3v) is 6.80. The monoisotopic (exact) mass is 409 g/mol. The van der Waals surface area contributed by atoms with E-state index in [0.29, 0.717) is 17.3 Å². The van der Waals surface area contributed by atoms with Crippen molar-refractivity contribution in [3.63, 3.8) is 0 Å². The minimum Gasteiger partial charge on any atom is -0.353 e. The third kappa shape index (κ3) is 4.79. The van der Waals surface area contributed by atoms with Crippen LogP contribution in [0, 0.1) is 5.92 Å². The molecule has 2 unspecified atom stereocenters. The van der Waals surface area contributed by atoms with Gasteiger partial charge in [0, 0.05) is 35.3 Å². The van der Waals surface area contributed by atoms with Crippen LogP contribution in [-0.4, -0.2) is 59.6 Å². The van der Waals surface area contributed by atoms with Gasteiger partial charge in [-0.15, -0.1) is 11.8 Å². The minimum absolute atomic E-state index is 0.00962. The maximum Gasteiger partial charge on any atom is 0.243 e. The van der Waals surface area contributed by atoms with Crippen LogP contribution in [0.5, 0.6) is 0 Å². The zero-order valence-electron chi connectivity index (χ0n) is 16.0. The van der Waals surface area contributed by atoms with Crippen LogP contribution in [0.1, 0.15) is 37.6 Å². The molecular weight excluding hydrogens is 382 g/mol. The Morgan fingerprint density at radius 2 is 1.96 bits per heavy atom. The minimum atomic E-state index is -0.454. The summed E-state index contributed by atoms with van der Waals surface area (Å²) in [5, 5.41) is 3.45. The smallest absolute Gasteiger partial charge is 0.243 e. The molecule has 0 radical (unpaired) electrons. The number of thioether (sulfide) groups is 1. The first-order chi connectivity index (χ1) is 13.0. The van der Waals surface area contributed by atoms with Crippen molar-refractivity contribution in [2.75, 3.05) is 31.9 Å². The SMILES string of the molecule is CC(C)C(=O)N1C(C(=O)NCCN2CCCC2)CSC1c1ccccc1Cl. The summed E-state index contributed by atoms with van der Waals surface area (Å²) in [6.45, 7) is 7.47. The lowest BCUT2D eigenvalue weighted by Crippen LogP contribution is -2.50. The van der Waals surface area contributed by atoms with E-state index in [4.69, 9.17) is 11.6 Å². The lowest BCUT2D eigenvalue weighted by atomic mass is 10.1. The standard InChI is InChI=1S/C20H28ClN3O2S/c1-14(2)19(26)24-17(18(25)22-9-12-23-10-5-6-11-23)13-27-20(24)15-7-3-4-8-16(15)21/h3-4,7-8,14,17,20H,5-6,9-13H2,1-2H3,(H,22,25). The average molecular weight is 410 g/mol. The lowest BCUT2D eigenvalue weighted by molar-refractivity contribution is -0.142. The van der Waals surface area contributed by atoms with Gasteiger partial charge in [-0.05, 0) is 32.0 Å². The number of carbonyl (C=O) groups excluding carboxylic acids is 2. The molecular formula is C20H28ClN3O2S. The molecule has 2 fully saturated rings. The van der Waals surface area contributed by atoms with Gasteiger partial charge in [0.05, 0.1) is 0 Å². The molecule has 2 aliphatic heterocycles. The summed E-state index contributed by atoms with van der Waals surface area (Å²) in [6.07, 6.45) is 2.48. The van der Waals surface area contributed by atoms with E-state index in [2.05, 4.69) is 10.2 Å². The van der Waals surface area contributed by atoms with E-state index in [0.717, 1.165) is 25.2 Å². The molecule has 0 bridgehead atoms. The predicted molar refractivity (Wildman–Crippen MR) is 111 cm³/mol. The number of carbonyl (C=O) groups is 2. The highest BCUT2D eigenvalue weighted by Crippen LogP contribution is 2.44. The highest BCUT2D eigenvalue weighted by atomic mass is 35.5. The summed E-state index contributed by atoms with van der Waals surface area (Å²) < 4.78 is 0. The van der Waals surface area contributed by atoms with E-state index < -0.39 is 6.04 Å². The zero-order valence-corrected chi connectivity index (χ0v) is 17.6. The molecule has 3 rings (SSSR count). The van der Waals surface area contributed by atoms with Crippen LogP contribution < -0.4 is 5.32 Å². The molecule has 2 amide bonds. The Kier molecular flexibility index (Phi) is 7.06. The number of halogens is 1. The maximum atomic E-state index is 12.9. The van der Waals surface area contributed by atoms with Crippen molar-refractivity contribution in [2.45, 2.75) is 38.1 Å². The molecule has 2 saturated heterocycles. The van der Waals surface area contributed by atoms with Crippen LogP contribution in [0.4, 0.5) is 0 Å². The molecule has 27 heavy (non-hydrogen) atoms. The van der Waals surface area contributed by atoms with Crippen molar-refractivity contribution in [3.8, 4) is 0 Å². The highest BCUT2D eigenvalue weighted by molar-refractivity contribution is 7.99. The topological polar surface area (TPSA) is 52.7 Å². The van der Waals surface area contributed by atoms with Gasteiger partial charge in [-0.1, -0.05) is 43.6 Å². The summed E-state index contributed by atoms with van der Waals surface area (Å²) >= 11 is 7.99. The molecule has 2 heterocycles. The number of rotatable bonds is 6. The summed E-state index contributed by atoms with van der Waals surface area (Å²) in [5.41, 5.74) is 0.894. The largest absolute Gasteiger partial charge is 0.353 e. The second-order valence-electron chi connectivity index (χ2n) is 7.46. The van der Waals surface area contributed by atoms with Crippen LogP contribution >= 0.6 is 23.4 Å². The molecule has 5 nitrogen and oxygen atoms in total. The maximum absolute atomic E-state index is 12.9. The molecule has 0 saturated carbocycles. The average Bonchev–Trinajstić information content (AvgIpc) is 3.31. The molecule has 0 aliphatic carbocycles. The molecule has 0 aromatic heterocycles. The predicted octanol–water partition coefficient (Wildman–Crippen LogP) is 3.15. The summed E-state index contributed by atoms with van der Waals surface area (Å²) in [5.74, 6) is 0.340. The Bertz CT molecular complexity index is 679. The van der Waals surface area contributed by atoms with E-state index in [1.54, 1.807) is 16.7 Å². The Balaban J connectivity index is 1.70. The van der Waals surface area contributed by atoms with Gasteiger partial charge in [-0.2, -0.15) is 0 Å². The van der Waals surface area contributed by atoms with Crippen LogP contribution in [0.2, 0.25) is 5.02 Å². The van der Waals surface area contributed by atoms with Crippen molar-refractivity contribution < 1.29 is 9.59 Å². The first-order valence-electron chi connectivity index (χ1n) is 9.67. The van der Waals surface area contributed by atoms with E-state index in [1.807, 2.05) is 38.1 Å². The van der Waals surface area contributed by atoms with Crippen molar-refractivity contribution in [2.24, 2.45) is 5.92 Å². The van der Waals surface area contributed by atoms with Gasteiger partial charge in [0.25, 0.3) is 0 Å². The number of benzene rings is 1. The normalized spacial score (nSPS) is 23.2. The molecule has 0 spiro atoms. The Morgan fingerprint density at radius 1 is 1.26 bits per heavy atom. The molecule has 7 heteroatoms. The van der Waals surface area contributed by atoms with Gasteiger partial charge in [0.15, 0.2) is 0 Å². The van der Waals surface area contributed by atoms with Gasteiger partial charge in [0.1, 0.15) is 11.4 Å². The summed E-state index contributed by atoms with van der Waals surface area (Å²) in [4.78, 5) is 29.9. The fourth-order valence-corrected chi connectivity index (χ4v) is 5.43. The number of likely N-dealkylation sites (tertiary alicyclic amines) is 1. The quantitative estimate of drug-likeness (QED) is 0.784. The van der Waals surface area contributed by atoms with Gasteiger partial charge >= 0.3 is 0 Å². The van der Waals surface area contributed by atoms with Gasteiger partial charge < -0.3 is 15.1 Å². The van der Waals surface area contributed by atoms with Crippen LogP contribution in [0.25, 0.3) is 0 Å². The molecule has 1 aromatic rings. The third-order valence-electron chi connectivity index (χ3n) is 5.15.